The van der Waals surface area contributed by atoms with Crippen LogP contribution >= 0.6 is 11.8 Å². The smallest absolute Gasteiger partial charge is 0.319 e. The zero-order valence-corrected chi connectivity index (χ0v) is 14.3. The minimum Gasteiger partial charge on any atom is -0.465 e. The predicted molar refractivity (Wildman–Crippen MR) is 95.1 cm³/mol. The van der Waals surface area contributed by atoms with Gasteiger partial charge in [0.15, 0.2) is 5.16 Å². The molecule has 1 aliphatic heterocycles. The van der Waals surface area contributed by atoms with Gasteiger partial charge in [-0.15, -0.1) is 0 Å². The third-order valence-electron chi connectivity index (χ3n) is 4.01. The number of rotatable bonds is 3. The van der Waals surface area contributed by atoms with E-state index in [0.717, 1.165) is 5.56 Å². The highest BCUT2D eigenvalue weighted by molar-refractivity contribution is 8.00. The highest BCUT2D eigenvalue weighted by Gasteiger charge is 2.30. The molecule has 2 aromatic heterocycles. The Hall–Kier alpha value is -2.67. The number of hydrogen-bond donors (Lipinski definition) is 0. The molecule has 7 heteroatoms. The van der Waals surface area contributed by atoms with E-state index in [4.69, 9.17) is 4.74 Å². The molecule has 1 fully saturated rings. The number of thioether (sulfide) groups is 1. The van der Waals surface area contributed by atoms with Crippen LogP contribution < -0.4 is 5.56 Å². The number of ether oxygens (including phenoxy) is 1. The molecule has 1 aromatic carbocycles. The van der Waals surface area contributed by atoms with Crippen molar-refractivity contribution in [3.05, 3.63) is 58.5 Å². The molecule has 1 atom stereocenters. The van der Waals surface area contributed by atoms with Gasteiger partial charge in [-0.05, 0) is 36.8 Å². The molecular weight excluding hydrogens is 338 g/mol. The molecule has 25 heavy (non-hydrogen) atoms. The Kier molecular flexibility index (Phi) is 4.01. The van der Waals surface area contributed by atoms with Gasteiger partial charge in [-0.3, -0.25) is 9.59 Å². The summed E-state index contributed by atoms with van der Waals surface area (Å²) in [6.07, 6.45) is 2.26. The second-order valence-corrected chi connectivity index (χ2v) is 6.98. The summed E-state index contributed by atoms with van der Waals surface area (Å²) < 4.78 is 6.51. The minimum absolute atomic E-state index is 0.197. The fraction of sp³-hybridized carbons (Fsp3) is 0.222. The Morgan fingerprint density at radius 3 is 2.84 bits per heavy atom. The molecule has 0 bridgehead atoms. The van der Waals surface area contributed by atoms with Crippen molar-refractivity contribution in [2.45, 2.75) is 23.8 Å². The normalized spacial score (nSPS) is 17.0. The van der Waals surface area contributed by atoms with E-state index < -0.39 is 0 Å². The highest BCUT2D eigenvalue weighted by Crippen LogP contribution is 2.29. The molecule has 4 rings (SSSR count). The monoisotopic (exact) mass is 353 g/mol. The first kappa shape index (κ1) is 15.8. The molecule has 3 aromatic rings. The number of esters is 1. The fourth-order valence-corrected chi connectivity index (χ4v) is 3.81. The molecular formula is C18H15N3O3S. The molecule has 0 radical (unpaired) electrons. The van der Waals surface area contributed by atoms with Crippen LogP contribution in [0.4, 0.5) is 0 Å². The van der Waals surface area contributed by atoms with Crippen molar-refractivity contribution in [1.29, 1.82) is 0 Å². The van der Waals surface area contributed by atoms with Crippen molar-refractivity contribution in [2.75, 3.05) is 6.61 Å². The molecule has 126 valence electrons. The van der Waals surface area contributed by atoms with Gasteiger partial charge in [0.2, 0.25) is 0 Å². The van der Waals surface area contributed by atoms with Crippen LogP contribution in [-0.2, 0) is 9.53 Å². The largest absolute Gasteiger partial charge is 0.465 e. The van der Waals surface area contributed by atoms with Gasteiger partial charge in [-0.2, -0.15) is 0 Å². The van der Waals surface area contributed by atoms with Crippen molar-refractivity contribution in [1.82, 2.24) is 14.5 Å². The number of carbonyl (C=O) groups excluding carboxylic acids is 1. The van der Waals surface area contributed by atoms with Gasteiger partial charge in [-0.1, -0.05) is 23.9 Å². The summed E-state index contributed by atoms with van der Waals surface area (Å²) in [5.41, 5.74) is 1.39. The quantitative estimate of drug-likeness (QED) is 0.532. The van der Waals surface area contributed by atoms with Crippen LogP contribution in [0.3, 0.4) is 0 Å². The van der Waals surface area contributed by atoms with Crippen LogP contribution in [0.1, 0.15) is 12.0 Å². The van der Waals surface area contributed by atoms with Gasteiger partial charge in [0.25, 0.3) is 5.56 Å². The standard InChI is InChI=1S/C18H15N3O3S/c1-11-6-8-19-15(10-11)21-16(22)12-4-2-3-5-13(12)20-18(21)25-14-7-9-24-17(14)23/h2-6,8,10,14H,7,9H2,1H3/t14-/m1/s1. The number of carbonyl (C=O) groups is 1. The van der Waals surface area contributed by atoms with Crippen molar-refractivity contribution in [3.63, 3.8) is 0 Å². The van der Waals surface area contributed by atoms with Crippen LogP contribution in [0.25, 0.3) is 16.7 Å². The van der Waals surface area contributed by atoms with E-state index in [2.05, 4.69) is 9.97 Å². The lowest BCUT2D eigenvalue weighted by Crippen LogP contribution is -2.24. The fourth-order valence-electron chi connectivity index (χ4n) is 2.75. The summed E-state index contributed by atoms with van der Waals surface area (Å²) in [4.78, 5) is 33.9. The summed E-state index contributed by atoms with van der Waals surface area (Å²) >= 11 is 1.25. The molecule has 0 aliphatic carbocycles. The van der Waals surface area contributed by atoms with Crippen LogP contribution in [0.5, 0.6) is 0 Å². The van der Waals surface area contributed by atoms with Crippen molar-refractivity contribution < 1.29 is 9.53 Å². The Balaban J connectivity index is 1.94. The number of benzene rings is 1. The SMILES string of the molecule is Cc1ccnc(-n2c(S[C@@H]3CCOC3=O)nc3ccccc3c2=O)c1. The van der Waals surface area contributed by atoms with Gasteiger partial charge < -0.3 is 4.74 Å². The molecule has 0 saturated carbocycles. The van der Waals surface area contributed by atoms with Gasteiger partial charge in [0.05, 0.1) is 17.5 Å². The summed E-state index contributed by atoms with van der Waals surface area (Å²) in [6.45, 7) is 2.34. The number of hydrogen-bond acceptors (Lipinski definition) is 6. The van der Waals surface area contributed by atoms with Crippen LogP contribution in [0.15, 0.2) is 52.5 Å². The first-order chi connectivity index (χ1) is 12.1. The van der Waals surface area contributed by atoms with Gasteiger partial charge >= 0.3 is 5.97 Å². The molecule has 0 amide bonds. The summed E-state index contributed by atoms with van der Waals surface area (Å²) in [6, 6.07) is 10.9. The average Bonchev–Trinajstić information content (AvgIpc) is 3.00. The maximum Gasteiger partial charge on any atom is 0.319 e. The van der Waals surface area contributed by atoms with Gasteiger partial charge in [0.1, 0.15) is 11.1 Å². The second-order valence-electron chi connectivity index (χ2n) is 5.81. The number of para-hydroxylation sites is 1. The molecule has 0 spiro atoms. The Morgan fingerprint density at radius 1 is 1.24 bits per heavy atom. The number of nitrogens with zero attached hydrogens (tertiary/aromatic N) is 3. The van der Waals surface area contributed by atoms with E-state index in [0.29, 0.717) is 34.9 Å². The maximum atomic E-state index is 13.1. The van der Waals surface area contributed by atoms with E-state index in [1.165, 1.54) is 16.3 Å². The van der Waals surface area contributed by atoms with E-state index in [1.807, 2.05) is 25.1 Å². The van der Waals surface area contributed by atoms with Gasteiger partial charge in [0, 0.05) is 12.6 Å². The molecule has 0 N–H and O–H groups in total. The lowest BCUT2D eigenvalue weighted by molar-refractivity contribution is -0.137. The Morgan fingerprint density at radius 2 is 2.08 bits per heavy atom. The van der Waals surface area contributed by atoms with Crippen molar-refractivity contribution >= 4 is 28.6 Å². The minimum atomic E-state index is -0.357. The van der Waals surface area contributed by atoms with E-state index >= 15 is 0 Å². The Bertz CT molecular complexity index is 1030. The van der Waals surface area contributed by atoms with Crippen molar-refractivity contribution in [3.8, 4) is 5.82 Å². The summed E-state index contributed by atoms with van der Waals surface area (Å²) in [5, 5.41) is 0.610. The summed E-state index contributed by atoms with van der Waals surface area (Å²) in [5.74, 6) is 0.230. The highest BCUT2D eigenvalue weighted by atomic mass is 32.2. The topological polar surface area (TPSA) is 74.1 Å². The number of pyridine rings is 1. The third kappa shape index (κ3) is 2.91. The second kappa shape index (κ2) is 6.33. The molecule has 6 nitrogen and oxygen atoms in total. The average molecular weight is 353 g/mol. The number of fused-ring (bicyclic) bond motifs is 1. The third-order valence-corrected chi connectivity index (χ3v) is 5.21. The van der Waals surface area contributed by atoms with E-state index in [9.17, 15) is 9.59 Å². The predicted octanol–water partition coefficient (Wildman–Crippen LogP) is 2.50. The summed E-state index contributed by atoms with van der Waals surface area (Å²) in [7, 11) is 0. The number of aryl methyl sites for hydroxylation is 1. The maximum absolute atomic E-state index is 13.1. The lowest BCUT2D eigenvalue weighted by Gasteiger charge is -2.14. The van der Waals surface area contributed by atoms with Crippen LogP contribution in [0.2, 0.25) is 0 Å². The molecule has 3 heterocycles. The lowest BCUT2D eigenvalue weighted by atomic mass is 10.2. The van der Waals surface area contributed by atoms with Crippen LogP contribution in [-0.4, -0.2) is 32.4 Å². The first-order valence-electron chi connectivity index (χ1n) is 7.91. The van der Waals surface area contributed by atoms with E-state index in [-0.39, 0.29) is 16.8 Å². The molecule has 1 aliphatic rings. The number of aromatic nitrogens is 3. The number of cyclic esters (lactones) is 1. The Labute approximate surface area is 147 Å². The first-order valence-corrected chi connectivity index (χ1v) is 8.79. The molecule has 1 saturated heterocycles. The molecule has 0 unspecified atom stereocenters. The van der Waals surface area contributed by atoms with E-state index in [1.54, 1.807) is 24.4 Å². The zero-order chi connectivity index (χ0) is 17.4. The zero-order valence-electron chi connectivity index (χ0n) is 13.5. The van der Waals surface area contributed by atoms with Crippen LogP contribution in [0, 0.1) is 6.92 Å². The van der Waals surface area contributed by atoms with Crippen molar-refractivity contribution in [2.24, 2.45) is 0 Å². The van der Waals surface area contributed by atoms with Gasteiger partial charge in [-0.25, -0.2) is 14.5 Å².